The number of carbonyl (C=O) groups excluding carboxylic acids is 1. The molecular weight excluding hydrogens is 236 g/mol. The summed E-state index contributed by atoms with van der Waals surface area (Å²) in [6.45, 7) is 4.05. The maximum Gasteiger partial charge on any atom is 0.154 e. The van der Waals surface area contributed by atoms with Crippen LogP contribution in [-0.4, -0.2) is 11.4 Å². The molecule has 94 valence electrons. The first-order valence-electron chi connectivity index (χ1n) is 6.24. The predicted molar refractivity (Wildman–Crippen MR) is 78.0 cm³/mol. The predicted octanol–water partition coefficient (Wildman–Crippen LogP) is 4.13. The van der Waals surface area contributed by atoms with Gasteiger partial charge in [0.15, 0.2) is 6.29 Å². The second kappa shape index (κ2) is 4.09. The van der Waals surface area contributed by atoms with Gasteiger partial charge in [0.2, 0.25) is 0 Å². The normalized spacial score (nSPS) is 11.1. The van der Waals surface area contributed by atoms with Crippen LogP contribution in [0, 0.1) is 13.8 Å². The molecule has 3 rings (SSSR count). The summed E-state index contributed by atoms with van der Waals surface area (Å²) in [6, 6.07) is 11.6. The van der Waals surface area contributed by atoms with Gasteiger partial charge in [-0.3, -0.25) is 4.79 Å². The quantitative estimate of drug-likeness (QED) is 0.521. The Hall–Kier alpha value is -2.35. The van der Waals surface area contributed by atoms with Crippen molar-refractivity contribution in [3.05, 3.63) is 53.1 Å². The molecule has 0 unspecified atom stereocenters. The Morgan fingerprint density at radius 3 is 2.16 bits per heavy atom. The first kappa shape index (κ1) is 11.7. The lowest BCUT2D eigenvalue weighted by molar-refractivity contribution is 0.112. The van der Waals surface area contributed by atoms with Crippen molar-refractivity contribution in [1.82, 2.24) is 0 Å². The van der Waals surface area contributed by atoms with Gasteiger partial charge in [-0.25, -0.2) is 0 Å². The zero-order valence-corrected chi connectivity index (χ0v) is 10.9. The number of aromatic hydroxyl groups is 1. The SMILES string of the molecule is Cc1c2ccccc2c(C)c2c(C=O)c(O)ccc12. The summed E-state index contributed by atoms with van der Waals surface area (Å²) >= 11 is 0. The first-order chi connectivity index (χ1) is 9.15. The topological polar surface area (TPSA) is 37.3 Å². The Bertz CT molecular complexity index is 816. The van der Waals surface area contributed by atoms with E-state index in [1.54, 1.807) is 6.07 Å². The third-order valence-corrected chi connectivity index (χ3v) is 3.85. The van der Waals surface area contributed by atoms with E-state index in [-0.39, 0.29) is 5.75 Å². The number of rotatable bonds is 1. The van der Waals surface area contributed by atoms with Crippen LogP contribution in [-0.2, 0) is 0 Å². The van der Waals surface area contributed by atoms with Crippen LogP contribution in [0.5, 0.6) is 5.75 Å². The number of benzene rings is 3. The molecule has 0 aliphatic rings. The minimum atomic E-state index is 0.0419. The molecule has 0 radical (unpaired) electrons. The van der Waals surface area contributed by atoms with Crippen molar-refractivity contribution in [3.63, 3.8) is 0 Å². The van der Waals surface area contributed by atoms with Crippen molar-refractivity contribution in [1.29, 1.82) is 0 Å². The summed E-state index contributed by atoms with van der Waals surface area (Å²) in [5.41, 5.74) is 2.55. The van der Waals surface area contributed by atoms with Crippen molar-refractivity contribution in [3.8, 4) is 5.75 Å². The highest BCUT2D eigenvalue weighted by Gasteiger charge is 2.13. The highest BCUT2D eigenvalue weighted by molar-refractivity contribution is 6.11. The minimum absolute atomic E-state index is 0.0419. The summed E-state index contributed by atoms with van der Waals surface area (Å²) in [5.74, 6) is 0.0419. The molecule has 0 aliphatic heterocycles. The number of fused-ring (bicyclic) bond motifs is 2. The average Bonchev–Trinajstić information content (AvgIpc) is 2.44. The van der Waals surface area contributed by atoms with E-state index < -0.39 is 0 Å². The van der Waals surface area contributed by atoms with Gasteiger partial charge in [-0.15, -0.1) is 0 Å². The maximum atomic E-state index is 11.3. The van der Waals surface area contributed by atoms with Crippen LogP contribution in [0.4, 0.5) is 0 Å². The van der Waals surface area contributed by atoms with E-state index in [9.17, 15) is 9.90 Å². The lowest BCUT2D eigenvalue weighted by Gasteiger charge is -2.14. The van der Waals surface area contributed by atoms with Crippen molar-refractivity contribution in [2.45, 2.75) is 13.8 Å². The number of carbonyl (C=O) groups is 1. The highest BCUT2D eigenvalue weighted by Crippen LogP contribution is 2.36. The lowest BCUT2D eigenvalue weighted by Crippen LogP contribution is -1.93. The molecule has 0 atom stereocenters. The van der Waals surface area contributed by atoms with Crippen LogP contribution >= 0.6 is 0 Å². The van der Waals surface area contributed by atoms with E-state index in [0.29, 0.717) is 5.56 Å². The molecule has 2 nitrogen and oxygen atoms in total. The Labute approximate surface area is 111 Å². The van der Waals surface area contributed by atoms with Crippen LogP contribution in [0.25, 0.3) is 21.5 Å². The van der Waals surface area contributed by atoms with Crippen molar-refractivity contribution < 1.29 is 9.90 Å². The van der Waals surface area contributed by atoms with Crippen LogP contribution in [0.15, 0.2) is 36.4 Å². The summed E-state index contributed by atoms with van der Waals surface area (Å²) in [6.07, 6.45) is 0.735. The fourth-order valence-electron chi connectivity index (χ4n) is 2.86. The van der Waals surface area contributed by atoms with Gasteiger partial charge in [0, 0.05) is 0 Å². The molecule has 0 aromatic heterocycles. The zero-order chi connectivity index (χ0) is 13.6. The molecule has 3 aromatic rings. The maximum absolute atomic E-state index is 11.3. The van der Waals surface area contributed by atoms with E-state index in [1.807, 2.05) is 25.1 Å². The van der Waals surface area contributed by atoms with E-state index >= 15 is 0 Å². The van der Waals surface area contributed by atoms with Gasteiger partial charge in [0.25, 0.3) is 0 Å². The van der Waals surface area contributed by atoms with Gasteiger partial charge >= 0.3 is 0 Å². The minimum Gasteiger partial charge on any atom is -0.507 e. The molecule has 0 saturated heterocycles. The summed E-state index contributed by atoms with van der Waals surface area (Å²) in [4.78, 5) is 11.3. The number of hydrogen-bond donors (Lipinski definition) is 1. The third kappa shape index (κ3) is 1.53. The van der Waals surface area contributed by atoms with Gasteiger partial charge in [-0.2, -0.15) is 0 Å². The fourth-order valence-corrected chi connectivity index (χ4v) is 2.86. The van der Waals surface area contributed by atoms with Crippen molar-refractivity contribution in [2.24, 2.45) is 0 Å². The molecule has 0 saturated carbocycles. The Kier molecular flexibility index (Phi) is 2.53. The fraction of sp³-hybridized carbons (Fsp3) is 0.118. The highest BCUT2D eigenvalue weighted by atomic mass is 16.3. The zero-order valence-electron chi connectivity index (χ0n) is 10.9. The first-order valence-corrected chi connectivity index (χ1v) is 6.24. The van der Waals surface area contributed by atoms with Gasteiger partial charge in [0.1, 0.15) is 5.75 Å². The Morgan fingerprint density at radius 1 is 0.895 bits per heavy atom. The number of aldehydes is 1. The van der Waals surface area contributed by atoms with E-state index in [4.69, 9.17) is 0 Å². The standard InChI is InChI=1S/C17H14O2/c1-10-12-5-3-4-6-13(12)11(2)17-14(10)7-8-16(19)15(17)9-18/h3-9,19H,1-2H3. The lowest BCUT2D eigenvalue weighted by atomic mass is 9.90. The number of phenolic OH excluding ortho intramolecular Hbond substituents is 1. The second-order valence-corrected chi connectivity index (χ2v) is 4.83. The molecule has 0 spiro atoms. The summed E-state index contributed by atoms with van der Waals surface area (Å²) in [5, 5.41) is 14.1. The molecule has 2 heteroatoms. The molecule has 0 heterocycles. The molecule has 0 bridgehead atoms. The Balaban J connectivity index is 2.68. The third-order valence-electron chi connectivity index (χ3n) is 3.85. The molecular formula is C17H14O2. The van der Waals surface area contributed by atoms with Crippen molar-refractivity contribution >= 4 is 27.8 Å². The van der Waals surface area contributed by atoms with Crippen molar-refractivity contribution in [2.75, 3.05) is 0 Å². The average molecular weight is 250 g/mol. The van der Waals surface area contributed by atoms with Crippen LogP contribution in [0.1, 0.15) is 21.5 Å². The molecule has 3 aromatic carbocycles. The number of hydrogen-bond acceptors (Lipinski definition) is 2. The van der Waals surface area contributed by atoms with Crippen LogP contribution in [0.3, 0.4) is 0 Å². The van der Waals surface area contributed by atoms with Gasteiger partial charge < -0.3 is 5.11 Å². The largest absolute Gasteiger partial charge is 0.507 e. The van der Waals surface area contributed by atoms with Crippen LogP contribution < -0.4 is 0 Å². The van der Waals surface area contributed by atoms with E-state index in [0.717, 1.165) is 33.6 Å². The smallest absolute Gasteiger partial charge is 0.154 e. The van der Waals surface area contributed by atoms with E-state index in [1.165, 1.54) is 5.39 Å². The number of aryl methyl sites for hydroxylation is 2. The second-order valence-electron chi connectivity index (χ2n) is 4.83. The van der Waals surface area contributed by atoms with E-state index in [2.05, 4.69) is 19.1 Å². The molecule has 0 amide bonds. The Morgan fingerprint density at radius 2 is 1.53 bits per heavy atom. The van der Waals surface area contributed by atoms with Gasteiger partial charge in [0.05, 0.1) is 5.56 Å². The monoisotopic (exact) mass is 250 g/mol. The molecule has 0 aliphatic carbocycles. The molecule has 19 heavy (non-hydrogen) atoms. The molecule has 0 fully saturated rings. The molecule has 1 N–H and O–H groups in total. The van der Waals surface area contributed by atoms with Gasteiger partial charge in [-0.1, -0.05) is 30.3 Å². The van der Waals surface area contributed by atoms with Crippen LogP contribution in [0.2, 0.25) is 0 Å². The summed E-state index contributed by atoms with van der Waals surface area (Å²) < 4.78 is 0. The van der Waals surface area contributed by atoms with Gasteiger partial charge in [-0.05, 0) is 52.6 Å². The summed E-state index contributed by atoms with van der Waals surface area (Å²) in [7, 11) is 0. The number of phenols is 1.